The first kappa shape index (κ1) is 10.9. The summed E-state index contributed by atoms with van der Waals surface area (Å²) in [5, 5.41) is 4.60. The van der Waals surface area contributed by atoms with Crippen molar-refractivity contribution < 1.29 is 4.79 Å². The topological polar surface area (TPSA) is 47.8 Å². The molecule has 18 heavy (non-hydrogen) atoms. The monoisotopic (exact) mass is 257 g/mol. The first-order valence-corrected chi connectivity index (χ1v) is 5.72. The van der Waals surface area contributed by atoms with Gasteiger partial charge in [0.05, 0.1) is 23.0 Å². The minimum atomic E-state index is -0.514. The van der Waals surface area contributed by atoms with Gasteiger partial charge < -0.3 is 0 Å². The molecule has 4 nitrogen and oxygen atoms in total. The molecule has 0 fully saturated rings. The van der Waals surface area contributed by atoms with Crippen LogP contribution in [0.2, 0.25) is 0 Å². The molecule has 0 amide bonds. The summed E-state index contributed by atoms with van der Waals surface area (Å²) in [5.74, 6) is 0. The van der Waals surface area contributed by atoms with Crippen LogP contribution in [0, 0.1) is 0 Å². The van der Waals surface area contributed by atoms with Crippen molar-refractivity contribution in [3.05, 3.63) is 54.5 Å². The number of rotatable bonds is 2. The first-order chi connectivity index (χ1) is 8.75. The van der Waals surface area contributed by atoms with Gasteiger partial charge in [0, 0.05) is 17.8 Å². The van der Waals surface area contributed by atoms with Crippen LogP contribution in [0.5, 0.6) is 0 Å². The van der Waals surface area contributed by atoms with Gasteiger partial charge >= 0.3 is 0 Å². The van der Waals surface area contributed by atoms with Gasteiger partial charge in [0.1, 0.15) is 0 Å². The Morgan fingerprint density at radius 2 is 2.11 bits per heavy atom. The summed E-state index contributed by atoms with van der Waals surface area (Å²) in [6.45, 7) is 0. The lowest BCUT2D eigenvalue weighted by atomic mass is 10.2. The van der Waals surface area contributed by atoms with Gasteiger partial charge in [-0.1, -0.05) is 6.07 Å². The number of aromatic nitrogens is 3. The number of fused-ring (bicyclic) bond motifs is 1. The van der Waals surface area contributed by atoms with Crippen LogP contribution >= 0.6 is 11.6 Å². The van der Waals surface area contributed by atoms with Crippen LogP contribution in [0.25, 0.3) is 16.6 Å². The van der Waals surface area contributed by atoms with E-state index in [1.807, 2.05) is 30.3 Å². The molecule has 2 aromatic heterocycles. The molecule has 0 N–H and O–H groups in total. The third-order valence-corrected chi connectivity index (χ3v) is 2.90. The first-order valence-electron chi connectivity index (χ1n) is 5.34. The summed E-state index contributed by atoms with van der Waals surface area (Å²) in [5.41, 5.74) is 2.12. The van der Waals surface area contributed by atoms with Gasteiger partial charge in [0.15, 0.2) is 0 Å². The normalized spacial score (nSPS) is 10.7. The van der Waals surface area contributed by atoms with Crippen LogP contribution in [-0.4, -0.2) is 20.0 Å². The van der Waals surface area contributed by atoms with Crippen LogP contribution < -0.4 is 0 Å². The minimum absolute atomic E-state index is 0.373. The highest BCUT2D eigenvalue weighted by Crippen LogP contribution is 2.20. The van der Waals surface area contributed by atoms with Crippen LogP contribution in [0.4, 0.5) is 0 Å². The molecule has 1 aromatic carbocycles. The molecular weight excluding hydrogens is 250 g/mol. The van der Waals surface area contributed by atoms with E-state index in [1.54, 1.807) is 17.1 Å². The molecule has 0 radical (unpaired) electrons. The molecule has 5 heteroatoms. The fourth-order valence-corrected chi connectivity index (χ4v) is 1.94. The Kier molecular flexibility index (Phi) is 2.57. The Balaban J connectivity index is 2.21. The Labute approximate surface area is 108 Å². The standard InChI is InChI=1S/C13H8ClN3O/c14-13(18)9-7-16-17(8-9)12-5-1-4-11-10(12)3-2-6-15-11/h1-8H. The second-order valence-corrected chi connectivity index (χ2v) is 4.14. The molecular formula is C13H8ClN3O. The average Bonchev–Trinajstić information content (AvgIpc) is 2.87. The average molecular weight is 258 g/mol. The number of carbonyl (C=O) groups excluding carboxylic acids is 1. The van der Waals surface area contributed by atoms with E-state index in [1.165, 1.54) is 6.20 Å². The van der Waals surface area contributed by atoms with Crippen LogP contribution in [-0.2, 0) is 0 Å². The van der Waals surface area contributed by atoms with Crippen molar-refractivity contribution in [1.29, 1.82) is 0 Å². The molecule has 0 saturated carbocycles. The third-order valence-electron chi connectivity index (χ3n) is 2.68. The largest absolute Gasteiger partial charge is 0.275 e. The Bertz CT molecular complexity index is 730. The number of hydrogen-bond acceptors (Lipinski definition) is 3. The molecule has 0 unspecified atom stereocenters. The Morgan fingerprint density at radius 1 is 1.22 bits per heavy atom. The Morgan fingerprint density at radius 3 is 2.89 bits per heavy atom. The predicted molar refractivity (Wildman–Crippen MR) is 69.0 cm³/mol. The van der Waals surface area contributed by atoms with Gasteiger partial charge in [0.25, 0.3) is 5.24 Å². The maximum Gasteiger partial charge on any atom is 0.255 e. The zero-order chi connectivity index (χ0) is 12.5. The summed E-state index contributed by atoms with van der Waals surface area (Å²) < 4.78 is 1.62. The second kappa shape index (κ2) is 4.23. The van der Waals surface area contributed by atoms with Crippen LogP contribution in [0.1, 0.15) is 10.4 Å². The van der Waals surface area contributed by atoms with Crippen molar-refractivity contribution in [2.45, 2.75) is 0 Å². The predicted octanol–water partition coefficient (Wildman–Crippen LogP) is 2.80. The number of pyridine rings is 1. The maximum absolute atomic E-state index is 11.1. The number of benzene rings is 1. The molecule has 2 heterocycles. The van der Waals surface area contributed by atoms with E-state index < -0.39 is 5.24 Å². The third kappa shape index (κ3) is 1.76. The van der Waals surface area contributed by atoms with E-state index in [-0.39, 0.29) is 0 Å². The SMILES string of the molecule is O=C(Cl)c1cnn(-c2cccc3ncccc23)c1. The van der Waals surface area contributed by atoms with Crippen molar-refractivity contribution in [3.8, 4) is 5.69 Å². The lowest BCUT2D eigenvalue weighted by Crippen LogP contribution is -1.96. The van der Waals surface area contributed by atoms with Gasteiger partial charge in [-0.3, -0.25) is 9.78 Å². The van der Waals surface area contributed by atoms with E-state index in [2.05, 4.69) is 10.1 Å². The molecule has 0 saturated heterocycles. The molecule has 0 bridgehead atoms. The van der Waals surface area contributed by atoms with Gasteiger partial charge in [-0.05, 0) is 35.9 Å². The highest BCUT2D eigenvalue weighted by Gasteiger charge is 2.08. The van der Waals surface area contributed by atoms with Gasteiger partial charge in [-0.2, -0.15) is 5.10 Å². The maximum atomic E-state index is 11.1. The summed E-state index contributed by atoms with van der Waals surface area (Å²) in [7, 11) is 0. The van der Waals surface area contributed by atoms with Crippen LogP contribution in [0.3, 0.4) is 0 Å². The van der Waals surface area contributed by atoms with Gasteiger partial charge in [-0.25, -0.2) is 4.68 Å². The van der Waals surface area contributed by atoms with E-state index >= 15 is 0 Å². The molecule has 3 rings (SSSR count). The molecule has 0 aliphatic heterocycles. The fraction of sp³-hybridized carbons (Fsp3) is 0. The number of carbonyl (C=O) groups is 1. The van der Waals surface area contributed by atoms with Gasteiger partial charge in [-0.15, -0.1) is 0 Å². The number of hydrogen-bond donors (Lipinski definition) is 0. The summed E-state index contributed by atoms with van der Waals surface area (Å²) in [6, 6.07) is 9.56. The molecule has 0 aliphatic rings. The van der Waals surface area contributed by atoms with Crippen molar-refractivity contribution in [1.82, 2.24) is 14.8 Å². The van der Waals surface area contributed by atoms with Crippen LogP contribution in [0.15, 0.2) is 48.9 Å². The van der Waals surface area contributed by atoms with Gasteiger partial charge in [0.2, 0.25) is 0 Å². The smallest absolute Gasteiger partial charge is 0.255 e. The summed E-state index contributed by atoms with van der Waals surface area (Å²) >= 11 is 5.42. The highest BCUT2D eigenvalue weighted by atomic mass is 35.5. The van der Waals surface area contributed by atoms with E-state index in [4.69, 9.17) is 11.6 Å². The minimum Gasteiger partial charge on any atom is -0.275 e. The zero-order valence-corrected chi connectivity index (χ0v) is 10.0. The molecule has 0 atom stereocenters. The zero-order valence-electron chi connectivity index (χ0n) is 9.25. The lowest BCUT2D eigenvalue weighted by Gasteiger charge is -2.05. The molecule has 3 aromatic rings. The molecule has 88 valence electrons. The van der Waals surface area contributed by atoms with Crippen molar-refractivity contribution in [2.75, 3.05) is 0 Å². The van der Waals surface area contributed by atoms with E-state index in [9.17, 15) is 4.79 Å². The quantitative estimate of drug-likeness (QED) is 0.663. The Hall–Kier alpha value is -2.20. The highest BCUT2D eigenvalue weighted by molar-refractivity contribution is 6.67. The molecule has 0 spiro atoms. The molecule has 0 aliphatic carbocycles. The lowest BCUT2D eigenvalue weighted by molar-refractivity contribution is 0.108. The number of halogens is 1. The van der Waals surface area contributed by atoms with E-state index in [0.29, 0.717) is 5.56 Å². The summed E-state index contributed by atoms with van der Waals surface area (Å²) in [4.78, 5) is 15.3. The number of nitrogens with zero attached hydrogens (tertiary/aromatic N) is 3. The van der Waals surface area contributed by atoms with Crippen molar-refractivity contribution in [2.24, 2.45) is 0 Å². The summed E-state index contributed by atoms with van der Waals surface area (Å²) in [6.07, 6.45) is 4.80. The van der Waals surface area contributed by atoms with Crippen molar-refractivity contribution in [3.63, 3.8) is 0 Å². The van der Waals surface area contributed by atoms with Crippen molar-refractivity contribution >= 4 is 27.7 Å². The second-order valence-electron chi connectivity index (χ2n) is 3.79. The fourth-order valence-electron chi connectivity index (χ4n) is 1.84. The van der Waals surface area contributed by atoms with E-state index in [0.717, 1.165) is 16.6 Å².